The van der Waals surface area contributed by atoms with Crippen molar-refractivity contribution in [2.24, 2.45) is 5.41 Å². The Labute approximate surface area is 111 Å². The van der Waals surface area contributed by atoms with Gasteiger partial charge in [-0.1, -0.05) is 13.8 Å². The van der Waals surface area contributed by atoms with E-state index in [9.17, 15) is 13.2 Å². The first-order valence-electron chi connectivity index (χ1n) is 6.27. The van der Waals surface area contributed by atoms with Crippen LogP contribution in [0.15, 0.2) is 24.3 Å². The number of hydrogen-bond acceptors (Lipinski definition) is 2. The Morgan fingerprint density at radius 2 is 1.68 bits per heavy atom. The highest BCUT2D eigenvalue weighted by Crippen LogP contribution is 2.30. The van der Waals surface area contributed by atoms with Crippen molar-refractivity contribution in [3.05, 3.63) is 29.8 Å². The van der Waals surface area contributed by atoms with Gasteiger partial charge in [-0.2, -0.15) is 13.2 Å². The molecule has 0 aliphatic heterocycles. The van der Waals surface area contributed by atoms with Gasteiger partial charge in [0.25, 0.3) is 0 Å². The molecule has 0 radical (unpaired) electrons. The standard InChI is InChI=1S/C14H20F3NO/c1-13(2,8-3-9-19)10-18-12-6-4-11(5-7-12)14(15,16)17/h4-7,18-19H,3,8-10H2,1-2H3. The molecule has 1 aromatic carbocycles. The largest absolute Gasteiger partial charge is 0.416 e. The summed E-state index contributed by atoms with van der Waals surface area (Å²) in [6.07, 6.45) is -2.71. The highest BCUT2D eigenvalue weighted by Gasteiger charge is 2.29. The summed E-state index contributed by atoms with van der Waals surface area (Å²) in [7, 11) is 0. The van der Waals surface area contributed by atoms with Crippen molar-refractivity contribution >= 4 is 5.69 Å². The molecule has 0 spiro atoms. The maximum absolute atomic E-state index is 12.4. The van der Waals surface area contributed by atoms with Gasteiger partial charge in [0.1, 0.15) is 0 Å². The summed E-state index contributed by atoms with van der Waals surface area (Å²) >= 11 is 0. The molecule has 5 heteroatoms. The molecule has 0 atom stereocenters. The maximum Gasteiger partial charge on any atom is 0.416 e. The normalized spacial score (nSPS) is 12.5. The number of benzene rings is 1. The van der Waals surface area contributed by atoms with Gasteiger partial charge < -0.3 is 10.4 Å². The molecule has 2 N–H and O–H groups in total. The van der Waals surface area contributed by atoms with Crippen LogP contribution in [0.3, 0.4) is 0 Å². The summed E-state index contributed by atoms with van der Waals surface area (Å²) in [6.45, 7) is 4.92. The van der Waals surface area contributed by atoms with Crippen LogP contribution in [-0.2, 0) is 6.18 Å². The van der Waals surface area contributed by atoms with Crippen LogP contribution >= 0.6 is 0 Å². The molecule has 0 saturated heterocycles. The van der Waals surface area contributed by atoms with Crippen LogP contribution < -0.4 is 5.32 Å². The monoisotopic (exact) mass is 275 g/mol. The number of rotatable bonds is 6. The predicted octanol–water partition coefficient (Wildman–Crippen LogP) is 3.92. The molecule has 0 fully saturated rings. The molecular formula is C14H20F3NO. The van der Waals surface area contributed by atoms with Crippen molar-refractivity contribution in [2.45, 2.75) is 32.9 Å². The molecule has 1 aromatic rings. The Morgan fingerprint density at radius 1 is 1.11 bits per heavy atom. The molecule has 0 aliphatic carbocycles. The first kappa shape index (κ1) is 15.8. The number of alkyl halides is 3. The van der Waals surface area contributed by atoms with Gasteiger partial charge in [-0.05, 0) is 42.5 Å². The van der Waals surface area contributed by atoms with Crippen molar-refractivity contribution in [3.8, 4) is 0 Å². The van der Waals surface area contributed by atoms with Crippen LogP contribution in [0.5, 0.6) is 0 Å². The van der Waals surface area contributed by atoms with E-state index >= 15 is 0 Å². The first-order valence-corrected chi connectivity index (χ1v) is 6.27. The van der Waals surface area contributed by atoms with Crippen LogP contribution in [0.25, 0.3) is 0 Å². The number of nitrogens with one attached hydrogen (secondary N) is 1. The van der Waals surface area contributed by atoms with Crippen molar-refractivity contribution in [1.29, 1.82) is 0 Å². The molecule has 0 heterocycles. The second-order valence-electron chi connectivity index (χ2n) is 5.42. The zero-order valence-corrected chi connectivity index (χ0v) is 11.2. The second kappa shape index (κ2) is 6.28. The van der Waals surface area contributed by atoms with Gasteiger partial charge in [-0.15, -0.1) is 0 Å². The maximum atomic E-state index is 12.4. The number of anilines is 1. The van der Waals surface area contributed by atoms with Crippen molar-refractivity contribution in [1.82, 2.24) is 0 Å². The summed E-state index contributed by atoms with van der Waals surface area (Å²) in [4.78, 5) is 0. The quantitative estimate of drug-likeness (QED) is 0.824. The minimum absolute atomic E-state index is 0.00850. The Bertz CT molecular complexity index is 385. The number of halogens is 3. The van der Waals surface area contributed by atoms with Crippen LogP contribution in [0.2, 0.25) is 0 Å². The van der Waals surface area contributed by atoms with E-state index in [1.165, 1.54) is 12.1 Å². The summed E-state index contributed by atoms with van der Waals surface area (Å²) in [5.41, 5.74) is 0.0217. The number of aliphatic hydroxyl groups excluding tert-OH is 1. The van der Waals surface area contributed by atoms with E-state index in [-0.39, 0.29) is 12.0 Å². The van der Waals surface area contributed by atoms with Gasteiger partial charge in [0.15, 0.2) is 0 Å². The molecule has 0 unspecified atom stereocenters. The molecule has 19 heavy (non-hydrogen) atoms. The Morgan fingerprint density at radius 3 is 2.16 bits per heavy atom. The van der Waals surface area contributed by atoms with Gasteiger partial charge in [-0.3, -0.25) is 0 Å². The molecule has 1 rings (SSSR count). The molecule has 108 valence electrons. The second-order valence-corrected chi connectivity index (χ2v) is 5.42. The lowest BCUT2D eigenvalue weighted by atomic mass is 9.88. The zero-order valence-electron chi connectivity index (χ0n) is 11.2. The van der Waals surface area contributed by atoms with Crippen LogP contribution in [0, 0.1) is 5.41 Å². The smallest absolute Gasteiger partial charge is 0.396 e. The van der Waals surface area contributed by atoms with Crippen LogP contribution in [0.4, 0.5) is 18.9 Å². The number of hydrogen-bond donors (Lipinski definition) is 2. The third-order valence-electron chi connectivity index (χ3n) is 2.99. The van der Waals surface area contributed by atoms with Gasteiger partial charge in [-0.25, -0.2) is 0 Å². The van der Waals surface area contributed by atoms with Crippen LogP contribution in [-0.4, -0.2) is 18.3 Å². The molecule has 0 aromatic heterocycles. The Kier molecular flexibility index (Phi) is 5.23. The van der Waals surface area contributed by atoms with Gasteiger partial charge in [0.2, 0.25) is 0 Å². The molecular weight excluding hydrogens is 255 g/mol. The average molecular weight is 275 g/mol. The topological polar surface area (TPSA) is 32.3 Å². The summed E-state index contributed by atoms with van der Waals surface area (Å²) < 4.78 is 37.2. The van der Waals surface area contributed by atoms with E-state index in [4.69, 9.17) is 5.11 Å². The van der Waals surface area contributed by atoms with Gasteiger partial charge in [0.05, 0.1) is 5.56 Å². The lowest BCUT2D eigenvalue weighted by molar-refractivity contribution is -0.137. The van der Waals surface area contributed by atoms with Crippen molar-refractivity contribution in [3.63, 3.8) is 0 Å². The number of aliphatic hydroxyl groups is 1. The third kappa shape index (κ3) is 5.51. The van der Waals surface area contributed by atoms with Crippen LogP contribution in [0.1, 0.15) is 32.3 Å². The lowest BCUT2D eigenvalue weighted by Crippen LogP contribution is -2.23. The first-order chi connectivity index (χ1) is 8.74. The average Bonchev–Trinajstić information content (AvgIpc) is 2.34. The summed E-state index contributed by atoms with van der Waals surface area (Å²) in [5.74, 6) is 0. The van der Waals surface area contributed by atoms with Crippen molar-refractivity contribution in [2.75, 3.05) is 18.5 Å². The van der Waals surface area contributed by atoms with E-state index in [1.54, 1.807) is 0 Å². The highest BCUT2D eigenvalue weighted by molar-refractivity contribution is 5.45. The fourth-order valence-electron chi connectivity index (χ4n) is 1.76. The van der Waals surface area contributed by atoms with E-state index < -0.39 is 11.7 Å². The Balaban J connectivity index is 2.54. The SMILES string of the molecule is CC(C)(CCCO)CNc1ccc(C(F)(F)F)cc1. The van der Waals surface area contributed by atoms with E-state index in [0.29, 0.717) is 12.2 Å². The fourth-order valence-corrected chi connectivity index (χ4v) is 1.76. The van der Waals surface area contributed by atoms with Crippen molar-refractivity contribution < 1.29 is 18.3 Å². The lowest BCUT2D eigenvalue weighted by Gasteiger charge is -2.25. The highest BCUT2D eigenvalue weighted by atomic mass is 19.4. The predicted molar refractivity (Wildman–Crippen MR) is 70.0 cm³/mol. The van der Waals surface area contributed by atoms with Gasteiger partial charge >= 0.3 is 6.18 Å². The molecule has 0 bridgehead atoms. The van der Waals surface area contributed by atoms with E-state index in [2.05, 4.69) is 19.2 Å². The Hall–Kier alpha value is -1.23. The molecule has 2 nitrogen and oxygen atoms in total. The summed E-state index contributed by atoms with van der Waals surface area (Å²) in [5, 5.41) is 11.9. The minimum Gasteiger partial charge on any atom is -0.396 e. The zero-order chi connectivity index (χ0) is 14.5. The third-order valence-corrected chi connectivity index (χ3v) is 2.99. The van der Waals surface area contributed by atoms with E-state index in [1.807, 2.05) is 0 Å². The fraction of sp³-hybridized carbons (Fsp3) is 0.571. The van der Waals surface area contributed by atoms with Gasteiger partial charge in [0, 0.05) is 18.8 Å². The molecule has 0 amide bonds. The summed E-state index contributed by atoms with van der Waals surface area (Å²) in [6, 6.07) is 5.02. The van der Waals surface area contributed by atoms with E-state index in [0.717, 1.165) is 25.0 Å². The molecule has 0 saturated carbocycles. The minimum atomic E-state index is -4.29. The molecule has 0 aliphatic rings.